The van der Waals surface area contributed by atoms with Crippen LogP contribution in [0, 0.1) is 0 Å². The lowest BCUT2D eigenvalue weighted by atomic mass is 9.91. The highest BCUT2D eigenvalue weighted by Crippen LogP contribution is 2.23. The first kappa shape index (κ1) is 11.0. The van der Waals surface area contributed by atoms with Crippen molar-refractivity contribution in [3.05, 3.63) is 0 Å². The van der Waals surface area contributed by atoms with E-state index in [0.717, 1.165) is 45.3 Å². The van der Waals surface area contributed by atoms with Crippen molar-refractivity contribution in [3.8, 4) is 0 Å². The Morgan fingerprint density at radius 3 is 2.77 bits per heavy atom. The molecule has 1 saturated heterocycles. The second kappa shape index (κ2) is 4.94. The number of hydrogen-bond donors (Lipinski definition) is 2. The van der Waals surface area contributed by atoms with Crippen molar-refractivity contribution in [1.29, 1.82) is 0 Å². The molecule has 13 heavy (non-hydrogen) atoms. The standard InChI is InChI=1S/C10H22N2O/c1-12(2)9-6-10(13)4-3-7-11-8-5-10/h11,13H,3-9H2,1-2H3. The molecule has 3 nitrogen and oxygen atoms in total. The second-order valence-corrected chi connectivity index (χ2v) is 4.38. The predicted molar refractivity (Wildman–Crippen MR) is 54.8 cm³/mol. The Morgan fingerprint density at radius 1 is 1.31 bits per heavy atom. The number of rotatable bonds is 3. The molecule has 0 aromatic carbocycles. The molecular weight excluding hydrogens is 164 g/mol. The molecule has 0 bridgehead atoms. The highest BCUT2D eigenvalue weighted by Gasteiger charge is 2.27. The Balaban J connectivity index is 2.33. The Bertz CT molecular complexity index is 140. The molecule has 0 aromatic rings. The maximum Gasteiger partial charge on any atom is 0.0672 e. The highest BCUT2D eigenvalue weighted by atomic mass is 16.3. The van der Waals surface area contributed by atoms with E-state index < -0.39 is 5.60 Å². The maximum absolute atomic E-state index is 10.2. The van der Waals surface area contributed by atoms with Gasteiger partial charge in [0.05, 0.1) is 5.60 Å². The van der Waals surface area contributed by atoms with Gasteiger partial charge in [-0.2, -0.15) is 0 Å². The molecule has 78 valence electrons. The number of aliphatic hydroxyl groups is 1. The minimum atomic E-state index is -0.409. The fourth-order valence-electron chi connectivity index (χ4n) is 1.80. The Hall–Kier alpha value is -0.120. The van der Waals surface area contributed by atoms with Crippen LogP contribution in [0.2, 0.25) is 0 Å². The molecule has 1 aliphatic rings. The first-order valence-corrected chi connectivity index (χ1v) is 5.20. The Kier molecular flexibility index (Phi) is 4.16. The van der Waals surface area contributed by atoms with Crippen molar-refractivity contribution in [2.24, 2.45) is 0 Å². The molecular formula is C10H22N2O. The van der Waals surface area contributed by atoms with E-state index in [-0.39, 0.29) is 0 Å². The summed E-state index contributed by atoms with van der Waals surface area (Å²) in [5.74, 6) is 0. The minimum Gasteiger partial charge on any atom is -0.390 e. The lowest BCUT2D eigenvalue weighted by molar-refractivity contribution is 0.0138. The van der Waals surface area contributed by atoms with Crippen LogP contribution in [0.4, 0.5) is 0 Å². The zero-order valence-corrected chi connectivity index (χ0v) is 8.84. The third-order valence-electron chi connectivity index (χ3n) is 2.79. The third-order valence-corrected chi connectivity index (χ3v) is 2.79. The van der Waals surface area contributed by atoms with Crippen LogP contribution < -0.4 is 5.32 Å². The lowest BCUT2D eigenvalue weighted by Gasteiger charge is -2.27. The molecule has 1 fully saturated rings. The summed E-state index contributed by atoms with van der Waals surface area (Å²) in [5.41, 5.74) is -0.409. The van der Waals surface area contributed by atoms with E-state index in [1.807, 2.05) is 0 Å². The third kappa shape index (κ3) is 4.07. The van der Waals surface area contributed by atoms with Gasteiger partial charge in [0, 0.05) is 6.54 Å². The molecule has 2 N–H and O–H groups in total. The quantitative estimate of drug-likeness (QED) is 0.671. The zero-order chi connectivity index (χ0) is 9.73. The van der Waals surface area contributed by atoms with Gasteiger partial charge in [0.15, 0.2) is 0 Å². The van der Waals surface area contributed by atoms with E-state index in [1.54, 1.807) is 0 Å². The fraction of sp³-hybridized carbons (Fsp3) is 1.00. The van der Waals surface area contributed by atoms with E-state index in [0.29, 0.717) is 0 Å². The summed E-state index contributed by atoms with van der Waals surface area (Å²) < 4.78 is 0. The zero-order valence-electron chi connectivity index (χ0n) is 8.84. The van der Waals surface area contributed by atoms with Gasteiger partial charge in [-0.25, -0.2) is 0 Å². The van der Waals surface area contributed by atoms with Gasteiger partial charge in [0.1, 0.15) is 0 Å². The van der Waals surface area contributed by atoms with Crippen molar-refractivity contribution in [1.82, 2.24) is 10.2 Å². The van der Waals surface area contributed by atoms with Crippen molar-refractivity contribution in [3.63, 3.8) is 0 Å². The monoisotopic (exact) mass is 186 g/mol. The molecule has 1 rings (SSSR count). The highest BCUT2D eigenvalue weighted by molar-refractivity contribution is 4.82. The van der Waals surface area contributed by atoms with Crippen LogP contribution in [0.15, 0.2) is 0 Å². The van der Waals surface area contributed by atoms with Crippen molar-refractivity contribution < 1.29 is 5.11 Å². The number of nitrogens with zero attached hydrogens (tertiary/aromatic N) is 1. The molecule has 0 radical (unpaired) electrons. The first-order valence-electron chi connectivity index (χ1n) is 5.20. The topological polar surface area (TPSA) is 35.5 Å². The molecule has 0 aromatic heterocycles. The first-order chi connectivity index (χ1) is 6.12. The number of hydrogen-bond acceptors (Lipinski definition) is 3. The molecule has 0 saturated carbocycles. The maximum atomic E-state index is 10.2. The van der Waals surface area contributed by atoms with E-state index in [1.165, 1.54) is 0 Å². The average molecular weight is 186 g/mol. The fourth-order valence-corrected chi connectivity index (χ4v) is 1.80. The van der Waals surface area contributed by atoms with Gasteiger partial charge in [-0.3, -0.25) is 0 Å². The van der Waals surface area contributed by atoms with Crippen LogP contribution in [0.1, 0.15) is 25.7 Å². The van der Waals surface area contributed by atoms with Crippen LogP contribution in [0.5, 0.6) is 0 Å². The summed E-state index contributed by atoms with van der Waals surface area (Å²) in [5, 5.41) is 13.5. The van der Waals surface area contributed by atoms with Crippen LogP contribution in [0.25, 0.3) is 0 Å². The molecule has 3 heteroatoms. The Morgan fingerprint density at radius 2 is 2.08 bits per heavy atom. The van der Waals surface area contributed by atoms with Gasteiger partial charge in [-0.05, 0) is 52.9 Å². The Labute approximate surface area is 81.1 Å². The molecule has 1 aliphatic heterocycles. The summed E-state index contributed by atoms with van der Waals surface area (Å²) in [6.45, 7) is 3.00. The summed E-state index contributed by atoms with van der Waals surface area (Å²) in [6.07, 6.45) is 3.86. The molecule has 0 spiro atoms. The van der Waals surface area contributed by atoms with Gasteiger partial charge < -0.3 is 15.3 Å². The SMILES string of the molecule is CN(C)CCC1(O)CCCNCC1. The van der Waals surface area contributed by atoms with Gasteiger partial charge >= 0.3 is 0 Å². The molecule has 1 atom stereocenters. The van der Waals surface area contributed by atoms with Crippen LogP contribution in [-0.2, 0) is 0 Å². The van der Waals surface area contributed by atoms with E-state index in [4.69, 9.17) is 0 Å². The van der Waals surface area contributed by atoms with Crippen LogP contribution >= 0.6 is 0 Å². The molecule has 0 amide bonds. The summed E-state index contributed by atoms with van der Waals surface area (Å²) in [7, 11) is 4.11. The second-order valence-electron chi connectivity index (χ2n) is 4.38. The predicted octanol–water partition coefficient (Wildman–Crippen LogP) is 0.443. The van der Waals surface area contributed by atoms with Crippen molar-refractivity contribution in [2.45, 2.75) is 31.3 Å². The summed E-state index contributed by atoms with van der Waals surface area (Å²) in [4.78, 5) is 2.14. The molecule has 1 unspecified atom stereocenters. The van der Waals surface area contributed by atoms with Gasteiger partial charge in [-0.1, -0.05) is 0 Å². The van der Waals surface area contributed by atoms with Crippen molar-refractivity contribution >= 4 is 0 Å². The minimum absolute atomic E-state index is 0.409. The van der Waals surface area contributed by atoms with E-state index in [9.17, 15) is 5.11 Å². The molecule has 1 heterocycles. The van der Waals surface area contributed by atoms with Gasteiger partial charge in [-0.15, -0.1) is 0 Å². The largest absolute Gasteiger partial charge is 0.390 e. The van der Waals surface area contributed by atoms with Gasteiger partial charge in [0.25, 0.3) is 0 Å². The van der Waals surface area contributed by atoms with E-state index >= 15 is 0 Å². The van der Waals surface area contributed by atoms with Crippen LogP contribution in [0.3, 0.4) is 0 Å². The smallest absolute Gasteiger partial charge is 0.0672 e. The summed E-state index contributed by atoms with van der Waals surface area (Å²) >= 11 is 0. The molecule has 0 aliphatic carbocycles. The lowest BCUT2D eigenvalue weighted by Crippen LogP contribution is -2.33. The number of nitrogens with one attached hydrogen (secondary N) is 1. The van der Waals surface area contributed by atoms with Crippen LogP contribution in [-0.4, -0.2) is 49.3 Å². The van der Waals surface area contributed by atoms with Gasteiger partial charge in [0.2, 0.25) is 0 Å². The average Bonchev–Trinajstić information content (AvgIpc) is 2.28. The van der Waals surface area contributed by atoms with Crippen molar-refractivity contribution in [2.75, 3.05) is 33.7 Å². The normalized spacial score (nSPS) is 30.5. The summed E-state index contributed by atoms with van der Waals surface area (Å²) in [6, 6.07) is 0. The van der Waals surface area contributed by atoms with E-state index in [2.05, 4.69) is 24.3 Å².